The Hall–Kier alpha value is -3.41. The van der Waals surface area contributed by atoms with Crippen LogP contribution < -0.4 is 15.4 Å². The average Bonchev–Trinajstić information content (AvgIpc) is 3.24. The lowest BCUT2D eigenvalue weighted by Crippen LogP contribution is -2.23. The second kappa shape index (κ2) is 10.4. The predicted octanol–water partition coefficient (Wildman–Crippen LogP) is 4.23. The van der Waals surface area contributed by atoms with Gasteiger partial charge in [0, 0.05) is 24.7 Å². The van der Waals surface area contributed by atoms with Crippen LogP contribution in [0.4, 0.5) is 5.69 Å². The van der Waals surface area contributed by atoms with Crippen molar-refractivity contribution in [3.05, 3.63) is 71.8 Å². The molecule has 1 fully saturated rings. The third-order valence-corrected chi connectivity index (χ3v) is 4.92. The second-order valence-electron chi connectivity index (χ2n) is 7.40. The van der Waals surface area contributed by atoms with Gasteiger partial charge in [-0.1, -0.05) is 37.1 Å². The van der Waals surface area contributed by atoms with Crippen LogP contribution in [-0.2, 0) is 16.1 Å². The Balaban J connectivity index is 1.54. The molecule has 0 radical (unpaired) electrons. The number of esters is 1. The first-order chi connectivity index (χ1) is 14.5. The van der Waals surface area contributed by atoms with Crippen molar-refractivity contribution in [2.75, 3.05) is 5.32 Å². The van der Waals surface area contributed by atoms with Crippen molar-refractivity contribution in [3.63, 3.8) is 0 Å². The molecule has 2 N–H and O–H groups in total. The first-order valence-electron chi connectivity index (χ1n) is 10.1. The van der Waals surface area contributed by atoms with Gasteiger partial charge in [-0.3, -0.25) is 14.4 Å². The van der Waals surface area contributed by atoms with Crippen LogP contribution in [0.25, 0.3) is 0 Å². The zero-order valence-corrected chi connectivity index (χ0v) is 17.0. The van der Waals surface area contributed by atoms with Gasteiger partial charge in [0.05, 0.1) is 0 Å². The highest BCUT2D eigenvalue weighted by Gasteiger charge is 2.12. The van der Waals surface area contributed by atoms with Gasteiger partial charge < -0.3 is 15.4 Å². The molecule has 1 aliphatic carbocycles. The lowest BCUT2D eigenvalue weighted by atomic mass is 10.1. The summed E-state index contributed by atoms with van der Waals surface area (Å²) in [7, 11) is 0. The molecule has 3 rings (SSSR count). The molecule has 156 valence electrons. The molecule has 30 heavy (non-hydrogen) atoms. The summed E-state index contributed by atoms with van der Waals surface area (Å²) in [4.78, 5) is 35.6. The summed E-state index contributed by atoms with van der Waals surface area (Å²) in [6, 6.07) is 13.8. The normalized spacial score (nSPS) is 13.9. The van der Waals surface area contributed by atoms with Gasteiger partial charge >= 0.3 is 5.97 Å². The van der Waals surface area contributed by atoms with Gasteiger partial charge in [-0.15, -0.1) is 0 Å². The van der Waals surface area contributed by atoms with Crippen molar-refractivity contribution in [1.82, 2.24) is 5.32 Å². The molecule has 0 atom stereocenters. The number of anilines is 1. The summed E-state index contributed by atoms with van der Waals surface area (Å²) in [6.07, 6.45) is 8.39. The summed E-state index contributed by atoms with van der Waals surface area (Å²) in [6.45, 7) is 1.61. The Kier molecular flexibility index (Phi) is 7.38. The van der Waals surface area contributed by atoms with Crippen LogP contribution in [0, 0.1) is 5.92 Å². The minimum Gasteiger partial charge on any atom is -0.427 e. The van der Waals surface area contributed by atoms with E-state index in [2.05, 4.69) is 10.6 Å². The van der Waals surface area contributed by atoms with Crippen LogP contribution in [0.5, 0.6) is 5.75 Å². The summed E-state index contributed by atoms with van der Waals surface area (Å²) in [5.74, 6) is -0.0324. The molecular formula is C24H26N2O4. The fourth-order valence-electron chi connectivity index (χ4n) is 3.47. The molecule has 0 spiro atoms. The molecule has 0 aliphatic heterocycles. The van der Waals surface area contributed by atoms with Crippen molar-refractivity contribution in [3.8, 4) is 5.75 Å². The topological polar surface area (TPSA) is 84.5 Å². The summed E-state index contributed by atoms with van der Waals surface area (Å²) in [5.41, 5.74) is 1.94. The maximum absolute atomic E-state index is 12.4. The number of nitrogens with one attached hydrogen (secondary N) is 2. The maximum atomic E-state index is 12.4. The molecule has 1 saturated carbocycles. The number of carbonyl (C=O) groups excluding carboxylic acids is 3. The maximum Gasteiger partial charge on any atom is 0.308 e. The summed E-state index contributed by atoms with van der Waals surface area (Å²) in [5, 5.41) is 5.70. The smallest absolute Gasteiger partial charge is 0.308 e. The standard InChI is InChI=1S/C24H26N2O4/c1-17(27)30-22-11-5-9-20(15-22)24(29)25-16-19-8-4-10-21(14-19)26-23(28)13-12-18-6-2-3-7-18/h4-5,8-15,18H,2-3,6-7,16H2,1H3,(H,25,29)(H,26,28)/b13-12+. The number of hydrogen-bond acceptors (Lipinski definition) is 4. The van der Waals surface area contributed by atoms with Crippen LogP contribution >= 0.6 is 0 Å². The van der Waals surface area contributed by atoms with Gasteiger partial charge in [0.1, 0.15) is 5.75 Å². The monoisotopic (exact) mass is 406 g/mol. The minimum absolute atomic E-state index is 0.148. The first-order valence-corrected chi connectivity index (χ1v) is 10.1. The molecule has 0 saturated heterocycles. The van der Waals surface area contributed by atoms with E-state index in [1.165, 1.54) is 25.8 Å². The van der Waals surface area contributed by atoms with E-state index in [4.69, 9.17) is 4.74 Å². The highest BCUT2D eigenvalue weighted by molar-refractivity contribution is 5.99. The molecule has 0 bridgehead atoms. The zero-order chi connectivity index (χ0) is 21.3. The van der Waals surface area contributed by atoms with Gasteiger partial charge in [0.15, 0.2) is 0 Å². The molecule has 6 heteroatoms. The van der Waals surface area contributed by atoms with Gasteiger partial charge in [0.25, 0.3) is 5.91 Å². The summed E-state index contributed by atoms with van der Waals surface area (Å²) < 4.78 is 5.01. The molecule has 6 nitrogen and oxygen atoms in total. The van der Waals surface area contributed by atoms with Crippen molar-refractivity contribution in [2.24, 2.45) is 5.92 Å². The molecule has 1 aliphatic rings. The molecular weight excluding hydrogens is 380 g/mol. The fourth-order valence-corrected chi connectivity index (χ4v) is 3.47. The second-order valence-corrected chi connectivity index (χ2v) is 7.40. The quantitative estimate of drug-likeness (QED) is 0.409. The van der Waals surface area contributed by atoms with E-state index >= 15 is 0 Å². The fraction of sp³-hybridized carbons (Fsp3) is 0.292. The third-order valence-electron chi connectivity index (χ3n) is 4.92. The minimum atomic E-state index is -0.440. The molecule has 2 amide bonds. The lowest BCUT2D eigenvalue weighted by molar-refractivity contribution is -0.131. The van der Waals surface area contributed by atoms with Crippen LogP contribution in [0.15, 0.2) is 60.7 Å². The molecule has 2 aromatic rings. The van der Waals surface area contributed by atoms with Crippen LogP contribution in [0.3, 0.4) is 0 Å². The Morgan fingerprint density at radius 1 is 1.07 bits per heavy atom. The zero-order valence-electron chi connectivity index (χ0n) is 17.0. The van der Waals surface area contributed by atoms with Gasteiger partial charge in [-0.2, -0.15) is 0 Å². The highest BCUT2D eigenvalue weighted by Crippen LogP contribution is 2.25. The van der Waals surface area contributed by atoms with Gasteiger partial charge in [0.2, 0.25) is 5.91 Å². The first kappa shape index (κ1) is 21.3. The number of carbonyl (C=O) groups is 3. The van der Waals surface area contributed by atoms with Crippen molar-refractivity contribution < 1.29 is 19.1 Å². The number of allylic oxidation sites excluding steroid dienone is 1. The van der Waals surface area contributed by atoms with Crippen molar-refractivity contribution in [1.29, 1.82) is 0 Å². The Bertz CT molecular complexity index is 946. The number of benzene rings is 2. The van der Waals surface area contributed by atoms with Crippen LogP contribution in [0.2, 0.25) is 0 Å². The van der Waals surface area contributed by atoms with Crippen molar-refractivity contribution in [2.45, 2.75) is 39.2 Å². The van der Waals surface area contributed by atoms with E-state index in [1.807, 2.05) is 30.3 Å². The predicted molar refractivity (Wildman–Crippen MR) is 115 cm³/mol. The van der Waals surface area contributed by atoms with Crippen LogP contribution in [-0.4, -0.2) is 17.8 Å². The van der Waals surface area contributed by atoms with Crippen LogP contribution in [0.1, 0.15) is 48.5 Å². The highest BCUT2D eigenvalue weighted by atomic mass is 16.5. The Morgan fingerprint density at radius 3 is 2.60 bits per heavy atom. The van der Waals surface area contributed by atoms with E-state index in [1.54, 1.807) is 24.3 Å². The number of amides is 2. The van der Waals surface area contributed by atoms with E-state index in [0.29, 0.717) is 29.5 Å². The number of rotatable bonds is 7. The van der Waals surface area contributed by atoms with E-state index in [0.717, 1.165) is 18.4 Å². The largest absolute Gasteiger partial charge is 0.427 e. The molecule has 0 aromatic heterocycles. The van der Waals surface area contributed by atoms with E-state index in [-0.39, 0.29) is 11.8 Å². The summed E-state index contributed by atoms with van der Waals surface area (Å²) >= 11 is 0. The number of hydrogen-bond donors (Lipinski definition) is 2. The molecule has 2 aromatic carbocycles. The number of ether oxygens (including phenoxy) is 1. The third kappa shape index (κ3) is 6.58. The Morgan fingerprint density at radius 2 is 1.83 bits per heavy atom. The van der Waals surface area contributed by atoms with Crippen molar-refractivity contribution >= 4 is 23.5 Å². The van der Waals surface area contributed by atoms with E-state index < -0.39 is 5.97 Å². The average molecular weight is 406 g/mol. The molecule has 0 unspecified atom stereocenters. The van der Waals surface area contributed by atoms with Gasteiger partial charge in [-0.25, -0.2) is 0 Å². The molecule has 0 heterocycles. The van der Waals surface area contributed by atoms with E-state index in [9.17, 15) is 14.4 Å². The van der Waals surface area contributed by atoms with Gasteiger partial charge in [-0.05, 0) is 60.7 Å². The lowest BCUT2D eigenvalue weighted by Gasteiger charge is -2.09. The SMILES string of the molecule is CC(=O)Oc1cccc(C(=O)NCc2cccc(NC(=O)/C=C/C3CCCC3)c2)c1. The Labute approximate surface area is 176 Å².